The molecule has 2 fully saturated rings. The molecule has 7 heteroatoms. The Labute approximate surface area is 123 Å². The van der Waals surface area contributed by atoms with Crippen LogP contribution in [0.5, 0.6) is 0 Å². The maximum atomic E-state index is 12.5. The molecule has 1 aliphatic heterocycles. The van der Waals surface area contributed by atoms with Gasteiger partial charge < -0.3 is 20.5 Å². The number of amides is 2. The number of carbonyl (C=O) groups is 2. The molecular weight excluding hydrogens is 270 g/mol. The number of rotatable bonds is 5. The molecule has 2 heterocycles. The Morgan fingerprint density at radius 2 is 2.19 bits per heavy atom. The normalized spacial score (nSPS) is 21.6. The average Bonchev–Trinajstić information content (AvgIpc) is 2.98. The minimum atomic E-state index is -0.349. The lowest BCUT2D eigenvalue weighted by Crippen LogP contribution is -2.46. The van der Waals surface area contributed by atoms with Gasteiger partial charge >= 0.3 is 0 Å². The predicted molar refractivity (Wildman–Crippen MR) is 76.5 cm³/mol. The van der Waals surface area contributed by atoms with Crippen LogP contribution in [0.15, 0.2) is 12.5 Å². The van der Waals surface area contributed by atoms with Crippen molar-refractivity contribution in [2.75, 3.05) is 13.1 Å². The maximum absolute atomic E-state index is 12.5. The van der Waals surface area contributed by atoms with E-state index in [2.05, 4.69) is 10.3 Å². The molecule has 0 aromatic carbocycles. The minimum Gasteiger partial charge on any atom is -0.352 e. The third-order valence-corrected chi connectivity index (χ3v) is 3.98. The lowest BCUT2D eigenvalue weighted by molar-refractivity contribution is -0.125. The van der Waals surface area contributed by atoms with Gasteiger partial charge in [-0.25, -0.2) is 4.98 Å². The van der Waals surface area contributed by atoms with Crippen molar-refractivity contribution in [2.24, 2.45) is 5.73 Å². The lowest BCUT2D eigenvalue weighted by atomic mass is 10.2. The number of imidazole rings is 1. The van der Waals surface area contributed by atoms with Gasteiger partial charge in [-0.3, -0.25) is 9.59 Å². The SMILES string of the molecule is NCCn1cnc(C(=O)N2CCCC2C(=O)NC2CC2)c1. The Balaban J connectivity index is 1.67. The topological polar surface area (TPSA) is 93.2 Å². The van der Waals surface area contributed by atoms with Gasteiger partial charge in [0, 0.05) is 31.9 Å². The second kappa shape index (κ2) is 5.85. The van der Waals surface area contributed by atoms with Gasteiger partial charge in [0.25, 0.3) is 5.91 Å². The van der Waals surface area contributed by atoms with Gasteiger partial charge in [-0.15, -0.1) is 0 Å². The zero-order chi connectivity index (χ0) is 14.8. The molecule has 1 aliphatic carbocycles. The Hall–Kier alpha value is -1.89. The van der Waals surface area contributed by atoms with Crippen LogP contribution in [0.3, 0.4) is 0 Å². The Kier molecular flexibility index (Phi) is 3.92. The van der Waals surface area contributed by atoms with Crippen molar-refractivity contribution in [2.45, 2.75) is 44.3 Å². The fourth-order valence-electron chi connectivity index (χ4n) is 2.70. The molecule has 3 rings (SSSR count). The van der Waals surface area contributed by atoms with E-state index in [-0.39, 0.29) is 17.9 Å². The lowest BCUT2D eigenvalue weighted by Gasteiger charge is -2.23. The van der Waals surface area contributed by atoms with Gasteiger partial charge in [0.15, 0.2) is 0 Å². The van der Waals surface area contributed by atoms with E-state index in [0.29, 0.717) is 31.4 Å². The summed E-state index contributed by atoms with van der Waals surface area (Å²) in [7, 11) is 0. The van der Waals surface area contributed by atoms with Crippen LogP contribution in [0, 0.1) is 0 Å². The molecule has 1 unspecified atom stereocenters. The summed E-state index contributed by atoms with van der Waals surface area (Å²) >= 11 is 0. The van der Waals surface area contributed by atoms with Gasteiger partial charge in [-0.1, -0.05) is 0 Å². The minimum absolute atomic E-state index is 0.0234. The van der Waals surface area contributed by atoms with E-state index >= 15 is 0 Å². The summed E-state index contributed by atoms with van der Waals surface area (Å²) < 4.78 is 1.79. The summed E-state index contributed by atoms with van der Waals surface area (Å²) in [5.74, 6) is -0.191. The number of nitrogens with two attached hydrogens (primary N) is 1. The number of likely N-dealkylation sites (tertiary alicyclic amines) is 1. The van der Waals surface area contributed by atoms with Gasteiger partial charge in [-0.05, 0) is 25.7 Å². The van der Waals surface area contributed by atoms with Crippen molar-refractivity contribution < 1.29 is 9.59 Å². The Morgan fingerprint density at radius 3 is 2.90 bits per heavy atom. The van der Waals surface area contributed by atoms with Crippen LogP contribution < -0.4 is 11.1 Å². The third-order valence-electron chi connectivity index (χ3n) is 3.98. The second-order valence-electron chi connectivity index (χ2n) is 5.72. The number of carbonyl (C=O) groups excluding carboxylic acids is 2. The zero-order valence-electron chi connectivity index (χ0n) is 12.0. The molecule has 1 aromatic rings. The first kappa shape index (κ1) is 14.1. The van der Waals surface area contributed by atoms with E-state index in [4.69, 9.17) is 5.73 Å². The molecule has 3 N–H and O–H groups in total. The molecule has 1 aromatic heterocycles. The van der Waals surface area contributed by atoms with Gasteiger partial charge in [-0.2, -0.15) is 0 Å². The monoisotopic (exact) mass is 291 g/mol. The predicted octanol–water partition coefficient (Wildman–Crippen LogP) is -0.275. The summed E-state index contributed by atoms with van der Waals surface area (Å²) in [6.45, 7) is 1.75. The highest BCUT2D eigenvalue weighted by atomic mass is 16.2. The summed E-state index contributed by atoms with van der Waals surface area (Å²) in [6, 6.07) is -0.0310. The number of hydrogen-bond acceptors (Lipinski definition) is 4. The van der Waals surface area contributed by atoms with Crippen molar-refractivity contribution in [3.8, 4) is 0 Å². The molecule has 0 radical (unpaired) electrons. The molecule has 2 aliphatic rings. The summed E-state index contributed by atoms with van der Waals surface area (Å²) in [4.78, 5) is 30.5. The van der Waals surface area contributed by atoms with Gasteiger partial charge in [0.05, 0.1) is 6.33 Å². The van der Waals surface area contributed by atoms with Crippen LogP contribution in [0.1, 0.15) is 36.2 Å². The summed E-state index contributed by atoms with van der Waals surface area (Å²) in [5, 5.41) is 2.98. The molecule has 2 amide bonds. The van der Waals surface area contributed by atoms with Gasteiger partial charge in [0.1, 0.15) is 11.7 Å². The zero-order valence-corrected chi connectivity index (χ0v) is 12.0. The van der Waals surface area contributed by atoms with Crippen LogP contribution in [-0.4, -0.2) is 51.4 Å². The molecule has 114 valence electrons. The van der Waals surface area contributed by atoms with Crippen LogP contribution in [-0.2, 0) is 11.3 Å². The molecule has 1 atom stereocenters. The second-order valence-corrected chi connectivity index (χ2v) is 5.72. The van der Waals surface area contributed by atoms with E-state index in [1.165, 1.54) is 0 Å². The highest BCUT2D eigenvalue weighted by Gasteiger charge is 2.37. The molecule has 21 heavy (non-hydrogen) atoms. The molecule has 0 spiro atoms. The van der Waals surface area contributed by atoms with Crippen molar-refractivity contribution in [1.82, 2.24) is 19.8 Å². The maximum Gasteiger partial charge on any atom is 0.274 e. The van der Waals surface area contributed by atoms with E-state index in [1.54, 1.807) is 22.0 Å². The van der Waals surface area contributed by atoms with E-state index in [9.17, 15) is 9.59 Å². The van der Waals surface area contributed by atoms with Crippen molar-refractivity contribution in [3.05, 3.63) is 18.2 Å². The van der Waals surface area contributed by atoms with Crippen molar-refractivity contribution in [3.63, 3.8) is 0 Å². The fourth-order valence-corrected chi connectivity index (χ4v) is 2.70. The Bertz CT molecular complexity index is 537. The summed E-state index contributed by atoms with van der Waals surface area (Å²) in [5.41, 5.74) is 5.87. The molecule has 7 nitrogen and oxygen atoms in total. The first-order valence-corrected chi connectivity index (χ1v) is 7.52. The smallest absolute Gasteiger partial charge is 0.274 e. The van der Waals surface area contributed by atoms with Crippen molar-refractivity contribution in [1.29, 1.82) is 0 Å². The Morgan fingerprint density at radius 1 is 1.38 bits per heavy atom. The van der Waals surface area contributed by atoms with Crippen LogP contribution >= 0.6 is 0 Å². The van der Waals surface area contributed by atoms with E-state index in [0.717, 1.165) is 25.7 Å². The largest absolute Gasteiger partial charge is 0.352 e. The average molecular weight is 291 g/mol. The first-order valence-electron chi connectivity index (χ1n) is 7.52. The number of nitrogens with one attached hydrogen (secondary N) is 1. The number of nitrogens with zero attached hydrogens (tertiary/aromatic N) is 3. The quantitative estimate of drug-likeness (QED) is 0.780. The standard InChI is InChI=1S/C14H21N5O2/c15-5-7-18-8-11(16-9-18)14(21)19-6-1-2-12(19)13(20)17-10-3-4-10/h8-10,12H,1-7,15H2,(H,17,20). The number of aromatic nitrogens is 2. The van der Waals surface area contributed by atoms with E-state index < -0.39 is 0 Å². The number of hydrogen-bond donors (Lipinski definition) is 2. The van der Waals surface area contributed by atoms with Crippen LogP contribution in [0.2, 0.25) is 0 Å². The molecular formula is C14H21N5O2. The van der Waals surface area contributed by atoms with Crippen LogP contribution in [0.4, 0.5) is 0 Å². The first-order chi connectivity index (χ1) is 10.2. The molecule has 0 bridgehead atoms. The van der Waals surface area contributed by atoms with Crippen LogP contribution in [0.25, 0.3) is 0 Å². The third kappa shape index (κ3) is 3.07. The summed E-state index contributed by atoms with van der Waals surface area (Å²) in [6.07, 6.45) is 7.00. The van der Waals surface area contributed by atoms with E-state index in [1.807, 2.05) is 0 Å². The van der Waals surface area contributed by atoms with Crippen molar-refractivity contribution >= 4 is 11.8 Å². The molecule has 1 saturated heterocycles. The highest BCUT2D eigenvalue weighted by molar-refractivity contribution is 5.96. The highest BCUT2D eigenvalue weighted by Crippen LogP contribution is 2.23. The van der Waals surface area contributed by atoms with Gasteiger partial charge in [0.2, 0.25) is 5.91 Å². The molecule has 1 saturated carbocycles. The fraction of sp³-hybridized carbons (Fsp3) is 0.643.